The first-order valence-electron chi connectivity index (χ1n) is 5.55. The van der Waals surface area contributed by atoms with Crippen LogP contribution in [0.1, 0.15) is 41.0 Å². The lowest BCUT2D eigenvalue weighted by molar-refractivity contribution is -0.148. The first-order valence-corrected chi connectivity index (χ1v) is 6.91. The molecule has 8 heteroatoms. The second-order valence-corrected chi connectivity index (χ2v) is 7.05. The molecular formula is C10H19NO6S. The predicted molar refractivity (Wildman–Crippen MR) is 62.7 cm³/mol. The summed E-state index contributed by atoms with van der Waals surface area (Å²) in [6.07, 6.45) is -0.667. The van der Waals surface area contributed by atoms with Gasteiger partial charge in [0.15, 0.2) is 0 Å². The molecule has 1 saturated heterocycles. The van der Waals surface area contributed by atoms with E-state index < -0.39 is 27.6 Å². The molecule has 0 radical (unpaired) electrons. The number of carbonyl (C=O) groups excluding carboxylic acids is 1. The number of hydrogen-bond donors (Lipinski definition) is 0. The average molecular weight is 281 g/mol. The molecular weight excluding hydrogens is 262 g/mol. The summed E-state index contributed by atoms with van der Waals surface area (Å²) in [5, 5.41) is 0. The van der Waals surface area contributed by atoms with Crippen LogP contribution >= 0.6 is 0 Å². The summed E-state index contributed by atoms with van der Waals surface area (Å²) in [5.74, 6) is 0. The van der Waals surface area contributed by atoms with Crippen LogP contribution in [0, 0.1) is 0 Å². The van der Waals surface area contributed by atoms with Gasteiger partial charge in [0.1, 0.15) is 5.60 Å². The molecule has 1 heterocycles. The molecule has 0 aromatic carbocycles. The van der Waals surface area contributed by atoms with E-state index in [1.807, 2.05) is 0 Å². The maximum atomic E-state index is 11.7. The number of hydrogen-bond acceptors (Lipinski definition) is 6. The summed E-state index contributed by atoms with van der Waals surface area (Å²) < 4.78 is 33.4. The molecule has 18 heavy (non-hydrogen) atoms. The van der Waals surface area contributed by atoms with Gasteiger partial charge < -0.3 is 9.57 Å². The van der Waals surface area contributed by atoms with Gasteiger partial charge in [-0.15, -0.1) is 0 Å². The molecule has 1 aliphatic rings. The Hall–Kier alpha value is -0.860. The summed E-state index contributed by atoms with van der Waals surface area (Å²) in [6, 6.07) is 0. The molecule has 1 aliphatic heterocycles. The number of rotatable bonds is 1. The smallest absolute Gasteiger partial charge is 0.427 e. The molecule has 0 saturated carbocycles. The van der Waals surface area contributed by atoms with Crippen LogP contribution in [-0.2, 0) is 24.1 Å². The standard InChI is InChI=1S/C10H19NO6S/c1-9(2,3)16-8(12)17-11-10(4,5)6-7-15-18(11,13)14/h6-7H2,1-5H3. The minimum atomic E-state index is -4.07. The van der Waals surface area contributed by atoms with Crippen LogP contribution in [0.5, 0.6) is 0 Å². The lowest BCUT2D eigenvalue weighted by atomic mass is 10.0. The van der Waals surface area contributed by atoms with E-state index >= 15 is 0 Å². The van der Waals surface area contributed by atoms with Crippen LogP contribution in [-0.4, -0.2) is 36.8 Å². The van der Waals surface area contributed by atoms with Crippen molar-refractivity contribution < 1.29 is 27.0 Å². The number of carbonyl (C=O) groups is 1. The van der Waals surface area contributed by atoms with E-state index in [0.29, 0.717) is 10.9 Å². The van der Waals surface area contributed by atoms with Crippen LogP contribution in [0.4, 0.5) is 4.79 Å². The Balaban J connectivity index is 2.83. The van der Waals surface area contributed by atoms with E-state index in [0.717, 1.165) is 0 Å². The van der Waals surface area contributed by atoms with Crippen LogP contribution in [0.3, 0.4) is 0 Å². The van der Waals surface area contributed by atoms with E-state index in [1.54, 1.807) is 34.6 Å². The number of nitrogens with zero attached hydrogens (tertiary/aromatic N) is 1. The topological polar surface area (TPSA) is 82.1 Å². The minimum Gasteiger partial charge on any atom is -0.427 e. The summed E-state index contributed by atoms with van der Waals surface area (Å²) in [6.45, 7) is 8.29. The highest BCUT2D eigenvalue weighted by molar-refractivity contribution is 7.84. The average Bonchev–Trinajstić information content (AvgIpc) is 2.08. The summed E-state index contributed by atoms with van der Waals surface area (Å²) in [4.78, 5) is 16.3. The zero-order valence-electron chi connectivity index (χ0n) is 11.2. The molecule has 0 unspecified atom stereocenters. The van der Waals surface area contributed by atoms with Crippen molar-refractivity contribution in [2.24, 2.45) is 0 Å². The van der Waals surface area contributed by atoms with Crippen molar-refractivity contribution in [2.75, 3.05) is 6.61 Å². The Morgan fingerprint density at radius 1 is 1.33 bits per heavy atom. The van der Waals surface area contributed by atoms with Gasteiger partial charge in [-0.3, -0.25) is 4.18 Å². The molecule has 0 aromatic rings. The second-order valence-electron chi connectivity index (χ2n) is 5.62. The molecule has 0 aromatic heterocycles. The van der Waals surface area contributed by atoms with Crippen LogP contribution < -0.4 is 0 Å². The van der Waals surface area contributed by atoms with Gasteiger partial charge in [-0.2, -0.15) is 8.42 Å². The molecule has 1 fully saturated rings. The molecule has 1 rings (SSSR count). The Labute approximate surface area is 107 Å². The largest absolute Gasteiger partial charge is 0.529 e. The Morgan fingerprint density at radius 2 is 1.89 bits per heavy atom. The zero-order valence-corrected chi connectivity index (χ0v) is 12.0. The Morgan fingerprint density at radius 3 is 2.33 bits per heavy atom. The van der Waals surface area contributed by atoms with Crippen molar-refractivity contribution in [3.8, 4) is 0 Å². The first-order chi connectivity index (χ1) is 7.94. The first kappa shape index (κ1) is 15.2. The predicted octanol–water partition coefficient (Wildman–Crippen LogP) is 1.60. The fourth-order valence-electron chi connectivity index (χ4n) is 1.34. The SMILES string of the molecule is CC(C)(C)OC(=O)ON1C(C)(C)CCOS1(=O)=O. The van der Waals surface area contributed by atoms with Crippen molar-refractivity contribution in [3.63, 3.8) is 0 Å². The molecule has 0 N–H and O–H groups in total. The van der Waals surface area contributed by atoms with Gasteiger partial charge in [0, 0.05) is 4.47 Å². The zero-order chi connectivity index (χ0) is 14.2. The van der Waals surface area contributed by atoms with Gasteiger partial charge in [-0.25, -0.2) is 4.79 Å². The monoisotopic (exact) mass is 281 g/mol. The summed E-state index contributed by atoms with van der Waals surface area (Å²) in [7, 11) is -4.07. The van der Waals surface area contributed by atoms with Crippen LogP contribution in [0.2, 0.25) is 0 Å². The number of hydroxylamine groups is 1. The molecule has 0 bridgehead atoms. The second kappa shape index (κ2) is 4.67. The van der Waals surface area contributed by atoms with Gasteiger partial charge in [-0.1, -0.05) is 0 Å². The van der Waals surface area contributed by atoms with E-state index in [-0.39, 0.29) is 6.61 Å². The highest BCUT2D eigenvalue weighted by Gasteiger charge is 2.45. The Bertz CT molecular complexity index is 422. The third-order valence-corrected chi connectivity index (χ3v) is 3.63. The van der Waals surface area contributed by atoms with E-state index in [9.17, 15) is 13.2 Å². The molecule has 7 nitrogen and oxygen atoms in total. The van der Waals surface area contributed by atoms with Gasteiger partial charge >= 0.3 is 16.5 Å². The van der Waals surface area contributed by atoms with Gasteiger partial charge in [-0.05, 0) is 41.0 Å². The highest BCUT2D eigenvalue weighted by atomic mass is 32.2. The van der Waals surface area contributed by atoms with Crippen molar-refractivity contribution in [3.05, 3.63) is 0 Å². The quantitative estimate of drug-likeness (QED) is 0.679. The minimum absolute atomic E-state index is 0.0590. The third kappa shape index (κ3) is 3.82. The molecule has 0 amide bonds. The maximum absolute atomic E-state index is 11.7. The lowest BCUT2D eigenvalue weighted by Gasteiger charge is -2.37. The summed E-state index contributed by atoms with van der Waals surface area (Å²) >= 11 is 0. The van der Waals surface area contributed by atoms with Crippen LogP contribution in [0.15, 0.2) is 0 Å². The van der Waals surface area contributed by atoms with E-state index in [2.05, 4.69) is 4.18 Å². The summed E-state index contributed by atoms with van der Waals surface area (Å²) in [5.41, 5.74) is -1.63. The van der Waals surface area contributed by atoms with Crippen molar-refractivity contribution >= 4 is 16.5 Å². The lowest BCUT2D eigenvalue weighted by Crippen LogP contribution is -2.53. The van der Waals surface area contributed by atoms with Gasteiger partial charge in [0.2, 0.25) is 0 Å². The van der Waals surface area contributed by atoms with E-state index in [1.165, 1.54) is 0 Å². The van der Waals surface area contributed by atoms with Gasteiger partial charge in [0.05, 0.1) is 12.1 Å². The normalized spacial score (nSPS) is 23.4. The van der Waals surface area contributed by atoms with Crippen molar-refractivity contribution in [2.45, 2.75) is 52.2 Å². The fourth-order valence-corrected chi connectivity index (χ4v) is 2.58. The molecule has 0 aliphatic carbocycles. The van der Waals surface area contributed by atoms with Crippen molar-refractivity contribution in [1.29, 1.82) is 0 Å². The highest BCUT2D eigenvalue weighted by Crippen LogP contribution is 2.29. The van der Waals surface area contributed by atoms with E-state index in [4.69, 9.17) is 9.57 Å². The van der Waals surface area contributed by atoms with Gasteiger partial charge in [0.25, 0.3) is 0 Å². The molecule has 0 spiro atoms. The van der Waals surface area contributed by atoms with Crippen molar-refractivity contribution in [1.82, 2.24) is 4.47 Å². The molecule has 0 atom stereocenters. The molecule has 106 valence electrons. The third-order valence-electron chi connectivity index (χ3n) is 2.19. The van der Waals surface area contributed by atoms with Crippen LogP contribution in [0.25, 0.3) is 0 Å². The maximum Gasteiger partial charge on any atom is 0.529 e. The Kier molecular flexibility index (Phi) is 3.94. The number of ether oxygens (including phenoxy) is 1. The fraction of sp³-hybridized carbons (Fsp3) is 0.900.